The van der Waals surface area contributed by atoms with Crippen LogP contribution in [0.4, 0.5) is 4.39 Å². The molecule has 0 radical (unpaired) electrons. The van der Waals surface area contributed by atoms with Crippen LogP contribution in [0.15, 0.2) is 18.2 Å². The SMILES string of the molecule is COCCNC(C)c1nnnn1-c1c(C)cccc1F. The standard InChI is InChI=1S/C13H18FN5O/c1-9-5-4-6-11(14)12(9)19-13(16-17-18-19)10(2)15-7-8-20-3/h4-6,10,15H,7-8H2,1-3H3. The predicted octanol–water partition coefficient (Wildman–Crippen LogP) is 1.41. The molecule has 20 heavy (non-hydrogen) atoms. The highest BCUT2D eigenvalue weighted by molar-refractivity contribution is 5.41. The molecule has 2 rings (SSSR count). The Hall–Kier alpha value is -1.86. The van der Waals surface area contributed by atoms with Crippen LogP contribution in [0.2, 0.25) is 0 Å². The minimum absolute atomic E-state index is 0.112. The van der Waals surface area contributed by atoms with Gasteiger partial charge < -0.3 is 10.1 Å². The first kappa shape index (κ1) is 14.5. The Kier molecular flexibility index (Phi) is 4.75. The maximum Gasteiger partial charge on any atom is 0.173 e. The van der Waals surface area contributed by atoms with Crippen molar-refractivity contribution in [2.24, 2.45) is 0 Å². The van der Waals surface area contributed by atoms with Crippen molar-refractivity contribution in [2.45, 2.75) is 19.9 Å². The summed E-state index contributed by atoms with van der Waals surface area (Å²) >= 11 is 0. The molecular formula is C13H18FN5O. The van der Waals surface area contributed by atoms with Crippen molar-refractivity contribution in [2.75, 3.05) is 20.3 Å². The van der Waals surface area contributed by atoms with E-state index in [2.05, 4.69) is 20.8 Å². The van der Waals surface area contributed by atoms with Crippen molar-refractivity contribution >= 4 is 0 Å². The Bertz CT molecular complexity index is 551. The number of nitrogens with zero attached hydrogens (tertiary/aromatic N) is 4. The second-order valence-electron chi connectivity index (χ2n) is 4.52. The van der Waals surface area contributed by atoms with Crippen LogP contribution in [0.1, 0.15) is 24.4 Å². The van der Waals surface area contributed by atoms with Crippen LogP contribution < -0.4 is 5.32 Å². The summed E-state index contributed by atoms with van der Waals surface area (Å²) in [6.45, 7) is 5.01. The molecule has 6 nitrogen and oxygen atoms in total. The van der Waals surface area contributed by atoms with E-state index in [-0.39, 0.29) is 11.9 Å². The van der Waals surface area contributed by atoms with Crippen LogP contribution >= 0.6 is 0 Å². The van der Waals surface area contributed by atoms with Gasteiger partial charge in [-0.15, -0.1) is 5.10 Å². The summed E-state index contributed by atoms with van der Waals surface area (Å²) in [7, 11) is 1.64. The first-order valence-electron chi connectivity index (χ1n) is 6.41. The summed E-state index contributed by atoms with van der Waals surface area (Å²) in [5.41, 5.74) is 1.16. The number of benzene rings is 1. The Balaban J connectivity index is 2.28. The molecule has 7 heteroatoms. The third kappa shape index (κ3) is 3.00. The molecular weight excluding hydrogens is 261 g/mol. The molecule has 2 aromatic rings. The quantitative estimate of drug-likeness (QED) is 0.810. The predicted molar refractivity (Wildman–Crippen MR) is 72.1 cm³/mol. The third-order valence-corrected chi connectivity index (χ3v) is 3.04. The summed E-state index contributed by atoms with van der Waals surface area (Å²) in [5, 5.41) is 14.8. The van der Waals surface area contributed by atoms with Crippen LogP contribution in [0.25, 0.3) is 5.69 Å². The highest BCUT2D eigenvalue weighted by Crippen LogP contribution is 2.20. The fourth-order valence-electron chi connectivity index (χ4n) is 1.98. The van der Waals surface area contributed by atoms with E-state index in [9.17, 15) is 4.39 Å². The molecule has 1 heterocycles. The molecule has 0 aliphatic heterocycles. The van der Waals surface area contributed by atoms with E-state index in [1.807, 2.05) is 19.9 Å². The number of halogens is 1. The zero-order valence-corrected chi connectivity index (χ0v) is 11.8. The normalized spacial score (nSPS) is 12.6. The number of rotatable bonds is 6. The highest BCUT2D eigenvalue weighted by Gasteiger charge is 2.18. The topological polar surface area (TPSA) is 64.9 Å². The van der Waals surface area contributed by atoms with Gasteiger partial charge in [-0.05, 0) is 35.9 Å². The Morgan fingerprint density at radius 3 is 2.95 bits per heavy atom. The zero-order valence-electron chi connectivity index (χ0n) is 11.8. The highest BCUT2D eigenvalue weighted by atomic mass is 19.1. The van der Waals surface area contributed by atoms with Gasteiger partial charge in [0.1, 0.15) is 11.5 Å². The lowest BCUT2D eigenvalue weighted by molar-refractivity contribution is 0.196. The van der Waals surface area contributed by atoms with Gasteiger partial charge in [-0.3, -0.25) is 0 Å². The average molecular weight is 279 g/mol. The molecule has 1 aromatic carbocycles. The van der Waals surface area contributed by atoms with E-state index in [0.29, 0.717) is 24.7 Å². The van der Waals surface area contributed by atoms with Crippen molar-refractivity contribution in [3.8, 4) is 5.69 Å². The van der Waals surface area contributed by atoms with Crippen LogP contribution in [0, 0.1) is 12.7 Å². The summed E-state index contributed by atoms with van der Waals surface area (Å²) < 4.78 is 20.4. The van der Waals surface area contributed by atoms with Crippen LogP contribution in [-0.4, -0.2) is 40.5 Å². The number of hydrogen-bond acceptors (Lipinski definition) is 5. The van der Waals surface area contributed by atoms with Crippen molar-refractivity contribution in [3.05, 3.63) is 35.4 Å². The smallest absolute Gasteiger partial charge is 0.173 e. The monoisotopic (exact) mass is 279 g/mol. The van der Waals surface area contributed by atoms with Crippen molar-refractivity contribution in [1.82, 2.24) is 25.5 Å². The second kappa shape index (κ2) is 6.53. The van der Waals surface area contributed by atoms with Crippen LogP contribution in [0.3, 0.4) is 0 Å². The van der Waals surface area contributed by atoms with E-state index in [4.69, 9.17) is 4.74 Å². The molecule has 0 bridgehead atoms. The number of para-hydroxylation sites is 1. The maximum atomic E-state index is 14.0. The molecule has 0 saturated heterocycles. The van der Waals surface area contributed by atoms with E-state index in [1.54, 1.807) is 13.2 Å². The van der Waals surface area contributed by atoms with Gasteiger partial charge in [0, 0.05) is 13.7 Å². The molecule has 0 aliphatic carbocycles. The van der Waals surface area contributed by atoms with E-state index in [0.717, 1.165) is 5.56 Å². The van der Waals surface area contributed by atoms with Gasteiger partial charge in [-0.2, -0.15) is 4.68 Å². The number of aromatic nitrogens is 4. The minimum Gasteiger partial charge on any atom is -0.383 e. The van der Waals surface area contributed by atoms with Gasteiger partial charge in [0.15, 0.2) is 5.82 Å². The molecule has 0 fully saturated rings. The number of tetrazole rings is 1. The second-order valence-corrected chi connectivity index (χ2v) is 4.52. The van der Waals surface area contributed by atoms with Crippen molar-refractivity contribution in [1.29, 1.82) is 0 Å². The van der Waals surface area contributed by atoms with E-state index < -0.39 is 0 Å². The summed E-state index contributed by atoms with van der Waals surface area (Å²) in [6, 6.07) is 4.78. The summed E-state index contributed by atoms with van der Waals surface area (Å²) in [5.74, 6) is 0.219. The number of nitrogens with one attached hydrogen (secondary N) is 1. The molecule has 1 unspecified atom stereocenters. The molecule has 108 valence electrons. The fraction of sp³-hybridized carbons (Fsp3) is 0.462. The lowest BCUT2D eigenvalue weighted by Crippen LogP contribution is -2.25. The number of hydrogen-bond donors (Lipinski definition) is 1. The molecule has 1 N–H and O–H groups in total. The molecule has 1 atom stereocenters. The van der Waals surface area contributed by atoms with Gasteiger partial charge in [0.2, 0.25) is 0 Å². The number of methoxy groups -OCH3 is 1. The number of aryl methyl sites for hydroxylation is 1. The summed E-state index contributed by atoms with van der Waals surface area (Å²) in [6.07, 6.45) is 0. The molecule has 0 amide bonds. The molecule has 0 spiro atoms. The van der Waals surface area contributed by atoms with Gasteiger partial charge in [0.25, 0.3) is 0 Å². The van der Waals surface area contributed by atoms with Gasteiger partial charge >= 0.3 is 0 Å². The average Bonchev–Trinajstić information content (AvgIpc) is 2.88. The van der Waals surface area contributed by atoms with Crippen LogP contribution in [-0.2, 0) is 4.74 Å². The van der Waals surface area contributed by atoms with Crippen molar-refractivity contribution in [3.63, 3.8) is 0 Å². The van der Waals surface area contributed by atoms with Gasteiger partial charge in [-0.25, -0.2) is 4.39 Å². The first-order chi connectivity index (χ1) is 9.65. The van der Waals surface area contributed by atoms with E-state index >= 15 is 0 Å². The minimum atomic E-state index is -0.345. The Morgan fingerprint density at radius 2 is 2.25 bits per heavy atom. The molecule has 1 aromatic heterocycles. The summed E-state index contributed by atoms with van der Waals surface area (Å²) in [4.78, 5) is 0. The Labute approximate surface area is 116 Å². The largest absolute Gasteiger partial charge is 0.383 e. The lowest BCUT2D eigenvalue weighted by Gasteiger charge is -2.14. The van der Waals surface area contributed by atoms with Crippen molar-refractivity contribution < 1.29 is 9.13 Å². The van der Waals surface area contributed by atoms with E-state index in [1.165, 1.54) is 10.7 Å². The first-order valence-corrected chi connectivity index (χ1v) is 6.41. The number of ether oxygens (including phenoxy) is 1. The third-order valence-electron chi connectivity index (χ3n) is 3.04. The Morgan fingerprint density at radius 1 is 1.45 bits per heavy atom. The zero-order chi connectivity index (χ0) is 14.5. The lowest BCUT2D eigenvalue weighted by atomic mass is 10.2. The fourth-order valence-corrected chi connectivity index (χ4v) is 1.98. The molecule has 0 aliphatic rings. The van der Waals surface area contributed by atoms with Gasteiger partial charge in [0.05, 0.1) is 12.6 Å². The molecule has 0 saturated carbocycles. The van der Waals surface area contributed by atoms with Crippen LogP contribution in [0.5, 0.6) is 0 Å². The maximum absolute atomic E-state index is 14.0. The van der Waals surface area contributed by atoms with Gasteiger partial charge in [-0.1, -0.05) is 12.1 Å².